The molecule has 0 aliphatic carbocycles. The topological polar surface area (TPSA) is 87.7 Å². The number of nitrogens with zero attached hydrogens (tertiary/aromatic N) is 1. The average molecular weight is 436 g/mol. The zero-order chi connectivity index (χ0) is 21.7. The number of rotatable bonds is 7. The highest BCUT2D eigenvalue weighted by atomic mass is 32.2. The lowest BCUT2D eigenvalue weighted by atomic mass is 10.2. The Morgan fingerprint density at radius 2 is 1.83 bits per heavy atom. The maximum atomic E-state index is 13.8. The van der Waals surface area contributed by atoms with Crippen molar-refractivity contribution in [2.24, 2.45) is 0 Å². The van der Waals surface area contributed by atoms with E-state index in [9.17, 15) is 17.6 Å². The van der Waals surface area contributed by atoms with E-state index in [1.807, 2.05) is 13.8 Å². The second-order valence-corrected chi connectivity index (χ2v) is 9.07. The number of ether oxygens (including phenoxy) is 1. The molecule has 2 N–H and O–H groups in total. The predicted octanol–water partition coefficient (Wildman–Crippen LogP) is 2.47. The first-order valence-electron chi connectivity index (χ1n) is 9.78. The Morgan fingerprint density at radius 1 is 1.13 bits per heavy atom. The molecule has 9 heteroatoms. The number of para-hydroxylation sites is 1. The van der Waals surface area contributed by atoms with Crippen molar-refractivity contribution in [2.45, 2.75) is 31.0 Å². The van der Waals surface area contributed by atoms with Gasteiger partial charge in [0, 0.05) is 31.7 Å². The Bertz CT molecular complexity index is 989. The highest BCUT2D eigenvalue weighted by Crippen LogP contribution is 2.19. The van der Waals surface area contributed by atoms with E-state index < -0.39 is 15.8 Å². The summed E-state index contributed by atoms with van der Waals surface area (Å²) in [5, 5.41) is 2.82. The van der Waals surface area contributed by atoms with Crippen LogP contribution in [0.4, 0.5) is 10.1 Å². The molecule has 2 unspecified atom stereocenters. The van der Waals surface area contributed by atoms with Gasteiger partial charge in [0.25, 0.3) is 15.9 Å². The van der Waals surface area contributed by atoms with Gasteiger partial charge in [0.2, 0.25) is 0 Å². The number of benzene rings is 2. The highest BCUT2D eigenvalue weighted by Gasteiger charge is 2.22. The SMILES string of the molecule is CC1CN(CCNC(=O)c2cccc(S(=O)(=O)Nc3ccccc3F)c2)CC(C)O1. The van der Waals surface area contributed by atoms with Gasteiger partial charge in [-0.2, -0.15) is 0 Å². The van der Waals surface area contributed by atoms with Crippen molar-refractivity contribution < 1.29 is 22.3 Å². The molecule has 0 bridgehead atoms. The molecule has 0 saturated carbocycles. The summed E-state index contributed by atoms with van der Waals surface area (Å²) in [5.41, 5.74) is 0.0662. The highest BCUT2D eigenvalue weighted by molar-refractivity contribution is 7.92. The molecule has 162 valence electrons. The number of sulfonamides is 1. The molecule has 1 aliphatic rings. The fourth-order valence-electron chi connectivity index (χ4n) is 3.45. The fourth-order valence-corrected chi connectivity index (χ4v) is 4.56. The lowest BCUT2D eigenvalue weighted by molar-refractivity contribution is -0.0672. The van der Waals surface area contributed by atoms with Crippen LogP contribution in [0, 0.1) is 5.82 Å². The van der Waals surface area contributed by atoms with Crippen molar-refractivity contribution in [3.05, 3.63) is 59.9 Å². The van der Waals surface area contributed by atoms with Crippen LogP contribution in [0.3, 0.4) is 0 Å². The van der Waals surface area contributed by atoms with Gasteiger partial charge in [0.05, 0.1) is 22.8 Å². The first-order valence-corrected chi connectivity index (χ1v) is 11.3. The van der Waals surface area contributed by atoms with Gasteiger partial charge in [-0.15, -0.1) is 0 Å². The Kier molecular flexibility index (Phi) is 7.06. The second-order valence-electron chi connectivity index (χ2n) is 7.39. The summed E-state index contributed by atoms with van der Waals surface area (Å²) in [4.78, 5) is 14.6. The van der Waals surface area contributed by atoms with Gasteiger partial charge in [0.15, 0.2) is 0 Å². The summed E-state index contributed by atoms with van der Waals surface area (Å²) >= 11 is 0. The first kappa shape index (κ1) is 22.2. The molecule has 2 aromatic carbocycles. The van der Waals surface area contributed by atoms with Gasteiger partial charge >= 0.3 is 0 Å². The van der Waals surface area contributed by atoms with E-state index in [-0.39, 0.29) is 34.3 Å². The minimum Gasteiger partial charge on any atom is -0.373 e. The van der Waals surface area contributed by atoms with Crippen LogP contribution in [0.5, 0.6) is 0 Å². The average Bonchev–Trinajstić information content (AvgIpc) is 2.69. The van der Waals surface area contributed by atoms with E-state index in [2.05, 4.69) is 14.9 Å². The van der Waals surface area contributed by atoms with Crippen molar-refractivity contribution >= 4 is 21.6 Å². The lowest BCUT2D eigenvalue weighted by Crippen LogP contribution is -2.47. The summed E-state index contributed by atoms with van der Waals surface area (Å²) in [5.74, 6) is -1.05. The summed E-state index contributed by atoms with van der Waals surface area (Å²) in [7, 11) is -4.03. The molecular formula is C21H26FN3O4S. The van der Waals surface area contributed by atoms with Gasteiger partial charge in [-0.05, 0) is 44.2 Å². The zero-order valence-corrected chi connectivity index (χ0v) is 17.8. The minimum atomic E-state index is -4.03. The number of carbonyl (C=O) groups excluding carboxylic acids is 1. The van der Waals surface area contributed by atoms with E-state index in [0.29, 0.717) is 13.1 Å². The van der Waals surface area contributed by atoms with Crippen LogP contribution in [0.15, 0.2) is 53.4 Å². The number of nitrogens with one attached hydrogen (secondary N) is 2. The maximum Gasteiger partial charge on any atom is 0.262 e. The van der Waals surface area contributed by atoms with Crippen molar-refractivity contribution in [1.29, 1.82) is 0 Å². The van der Waals surface area contributed by atoms with E-state index in [1.54, 1.807) is 0 Å². The van der Waals surface area contributed by atoms with E-state index >= 15 is 0 Å². The lowest BCUT2D eigenvalue weighted by Gasteiger charge is -2.35. The van der Waals surface area contributed by atoms with Crippen molar-refractivity contribution in [3.8, 4) is 0 Å². The number of hydrogen-bond donors (Lipinski definition) is 2. The van der Waals surface area contributed by atoms with Crippen LogP contribution >= 0.6 is 0 Å². The van der Waals surface area contributed by atoms with Gasteiger partial charge in [-0.1, -0.05) is 18.2 Å². The fraction of sp³-hybridized carbons (Fsp3) is 0.381. The molecule has 30 heavy (non-hydrogen) atoms. The Hall–Kier alpha value is -2.49. The third-order valence-electron chi connectivity index (χ3n) is 4.73. The monoisotopic (exact) mass is 435 g/mol. The quantitative estimate of drug-likeness (QED) is 0.698. The molecule has 7 nitrogen and oxygen atoms in total. The van der Waals surface area contributed by atoms with Gasteiger partial charge in [0.1, 0.15) is 5.82 Å². The molecule has 2 aromatic rings. The summed E-state index contributed by atoms with van der Waals surface area (Å²) < 4.78 is 46.9. The molecule has 2 atom stereocenters. The summed E-state index contributed by atoms with van der Waals surface area (Å²) in [6, 6.07) is 11.1. The van der Waals surface area contributed by atoms with Gasteiger partial charge in [-0.25, -0.2) is 12.8 Å². The Balaban J connectivity index is 1.61. The minimum absolute atomic E-state index is 0.116. The van der Waals surface area contributed by atoms with Gasteiger partial charge in [-0.3, -0.25) is 14.4 Å². The third kappa shape index (κ3) is 5.78. The molecular weight excluding hydrogens is 409 g/mol. The number of morpholine rings is 1. The first-order chi connectivity index (χ1) is 14.2. The van der Waals surface area contributed by atoms with E-state index in [0.717, 1.165) is 19.2 Å². The molecule has 0 spiro atoms. The number of halogens is 1. The van der Waals surface area contributed by atoms with Crippen molar-refractivity contribution in [3.63, 3.8) is 0 Å². The number of amides is 1. The normalized spacial score (nSPS) is 20.0. The van der Waals surface area contributed by atoms with Crippen molar-refractivity contribution in [1.82, 2.24) is 10.2 Å². The van der Waals surface area contributed by atoms with Crippen LogP contribution in [-0.4, -0.2) is 57.6 Å². The van der Waals surface area contributed by atoms with Crippen LogP contribution < -0.4 is 10.0 Å². The van der Waals surface area contributed by atoms with Crippen molar-refractivity contribution in [2.75, 3.05) is 30.9 Å². The van der Waals surface area contributed by atoms with Crippen LogP contribution in [0.1, 0.15) is 24.2 Å². The summed E-state index contributed by atoms with van der Waals surface area (Å²) in [6.45, 7) is 6.75. The molecule has 1 amide bonds. The number of carbonyl (C=O) groups is 1. The number of anilines is 1. The standard InChI is InChI=1S/C21H26FN3O4S/c1-15-13-25(14-16(2)29-15)11-10-23-21(26)17-6-5-7-18(12-17)30(27,28)24-20-9-4-3-8-19(20)22/h3-9,12,15-16,24H,10-11,13-14H2,1-2H3,(H,23,26). The Morgan fingerprint density at radius 3 is 2.53 bits per heavy atom. The smallest absolute Gasteiger partial charge is 0.262 e. The maximum absolute atomic E-state index is 13.8. The Labute approximate surface area is 176 Å². The molecule has 1 saturated heterocycles. The molecule has 1 heterocycles. The van der Waals surface area contributed by atoms with E-state index in [4.69, 9.17) is 4.74 Å². The van der Waals surface area contributed by atoms with Crippen LogP contribution in [-0.2, 0) is 14.8 Å². The third-order valence-corrected chi connectivity index (χ3v) is 6.10. The van der Waals surface area contributed by atoms with Gasteiger partial charge < -0.3 is 10.1 Å². The van der Waals surface area contributed by atoms with Crippen LogP contribution in [0.2, 0.25) is 0 Å². The van der Waals surface area contributed by atoms with E-state index in [1.165, 1.54) is 42.5 Å². The zero-order valence-electron chi connectivity index (χ0n) is 17.0. The molecule has 1 aliphatic heterocycles. The number of hydrogen-bond acceptors (Lipinski definition) is 5. The largest absolute Gasteiger partial charge is 0.373 e. The molecule has 1 fully saturated rings. The second kappa shape index (κ2) is 9.55. The van der Waals surface area contributed by atoms with Crippen LogP contribution in [0.25, 0.3) is 0 Å². The predicted molar refractivity (Wildman–Crippen MR) is 112 cm³/mol. The molecule has 3 rings (SSSR count). The molecule has 0 radical (unpaired) electrons. The summed E-state index contributed by atoms with van der Waals surface area (Å²) in [6.07, 6.45) is 0.293. The molecule has 0 aromatic heterocycles.